The summed E-state index contributed by atoms with van der Waals surface area (Å²) in [5, 5.41) is 3.00. The van der Waals surface area contributed by atoms with E-state index in [0.717, 1.165) is 31.5 Å². The van der Waals surface area contributed by atoms with E-state index in [2.05, 4.69) is 10.2 Å². The monoisotopic (exact) mass is 318 g/mol. The van der Waals surface area contributed by atoms with Crippen molar-refractivity contribution in [3.05, 3.63) is 35.9 Å². The molecule has 0 radical (unpaired) electrons. The number of hydrogen-bond donors (Lipinski definition) is 1. The molecule has 5 heteroatoms. The van der Waals surface area contributed by atoms with Gasteiger partial charge >= 0.3 is 5.97 Å². The van der Waals surface area contributed by atoms with Crippen LogP contribution in [-0.2, 0) is 20.9 Å². The Hall–Kier alpha value is -1.88. The molecule has 0 unspecified atom stereocenters. The third-order valence-electron chi connectivity index (χ3n) is 3.99. The number of benzene rings is 1. The van der Waals surface area contributed by atoms with Gasteiger partial charge in [-0.05, 0) is 45.3 Å². The van der Waals surface area contributed by atoms with Gasteiger partial charge in [-0.15, -0.1) is 0 Å². The van der Waals surface area contributed by atoms with Crippen LogP contribution in [0.15, 0.2) is 30.3 Å². The van der Waals surface area contributed by atoms with Crippen LogP contribution < -0.4 is 5.32 Å². The number of carbonyl (C=O) groups excluding carboxylic acids is 2. The van der Waals surface area contributed by atoms with Crippen molar-refractivity contribution < 1.29 is 14.3 Å². The van der Waals surface area contributed by atoms with Crippen LogP contribution in [0.5, 0.6) is 0 Å². The van der Waals surface area contributed by atoms with Crippen LogP contribution in [0.4, 0.5) is 0 Å². The third-order valence-corrected chi connectivity index (χ3v) is 3.99. The predicted octanol–water partition coefficient (Wildman–Crippen LogP) is 1.97. The molecule has 1 aliphatic rings. The highest BCUT2D eigenvalue weighted by Gasteiger charge is 2.26. The average molecular weight is 318 g/mol. The van der Waals surface area contributed by atoms with Gasteiger partial charge in [0.1, 0.15) is 0 Å². The minimum atomic E-state index is -0.188. The van der Waals surface area contributed by atoms with E-state index < -0.39 is 0 Å². The molecular formula is C18H26N2O3. The van der Waals surface area contributed by atoms with Crippen LogP contribution in [0, 0.1) is 5.92 Å². The molecule has 1 saturated heterocycles. The lowest BCUT2D eigenvalue weighted by atomic mass is 9.96. The fourth-order valence-corrected chi connectivity index (χ4v) is 2.77. The summed E-state index contributed by atoms with van der Waals surface area (Å²) in [5.41, 5.74) is 1.11. The summed E-state index contributed by atoms with van der Waals surface area (Å²) in [5.74, 6) is -0.0404. The Morgan fingerprint density at radius 3 is 2.48 bits per heavy atom. The Kier molecular flexibility index (Phi) is 6.59. The number of likely N-dealkylation sites (tertiary alicyclic amines) is 1. The van der Waals surface area contributed by atoms with E-state index in [1.165, 1.54) is 0 Å². The maximum Gasteiger partial charge on any atom is 0.320 e. The van der Waals surface area contributed by atoms with E-state index in [1.54, 1.807) is 0 Å². The van der Waals surface area contributed by atoms with E-state index in [1.807, 2.05) is 44.2 Å². The average Bonchev–Trinajstić information content (AvgIpc) is 2.53. The predicted molar refractivity (Wildman–Crippen MR) is 88.7 cm³/mol. The lowest BCUT2D eigenvalue weighted by molar-refractivity contribution is -0.149. The van der Waals surface area contributed by atoms with Crippen molar-refractivity contribution >= 4 is 11.9 Å². The van der Waals surface area contributed by atoms with Gasteiger partial charge in [0.05, 0.1) is 12.6 Å². The number of hydrogen-bond acceptors (Lipinski definition) is 4. The summed E-state index contributed by atoms with van der Waals surface area (Å²) in [7, 11) is 0. The molecule has 0 aliphatic carbocycles. The van der Waals surface area contributed by atoms with Crippen molar-refractivity contribution in [3.8, 4) is 0 Å². The van der Waals surface area contributed by atoms with Gasteiger partial charge < -0.3 is 10.1 Å². The van der Waals surface area contributed by atoms with E-state index in [4.69, 9.17) is 4.74 Å². The van der Waals surface area contributed by atoms with Crippen LogP contribution in [0.25, 0.3) is 0 Å². The highest BCUT2D eigenvalue weighted by atomic mass is 16.5. The summed E-state index contributed by atoms with van der Waals surface area (Å²) < 4.78 is 5.15. The summed E-state index contributed by atoms with van der Waals surface area (Å²) in [6.45, 7) is 6.10. The van der Waals surface area contributed by atoms with Crippen molar-refractivity contribution in [2.45, 2.75) is 39.3 Å². The first kappa shape index (κ1) is 17.5. The van der Waals surface area contributed by atoms with Crippen LogP contribution in [0.2, 0.25) is 0 Å². The SMILES string of the molecule is CC(C)OC(=O)CN1CCC(C(=O)NCc2ccccc2)CC1. The van der Waals surface area contributed by atoms with Crippen LogP contribution in [0.3, 0.4) is 0 Å². The second-order valence-electron chi connectivity index (χ2n) is 6.29. The van der Waals surface area contributed by atoms with E-state index in [0.29, 0.717) is 13.1 Å². The molecule has 0 aromatic heterocycles. The Bertz CT molecular complexity index is 508. The lowest BCUT2D eigenvalue weighted by Crippen LogP contribution is -2.42. The molecular weight excluding hydrogens is 292 g/mol. The molecule has 0 bridgehead atoms. The zero-order valence-electron chi connectivity index (χ0n) is 14.0. The molecule has 1 heterocycles. The minimum Gasteiger partial charge on any atom is -0.462 e. The first-order valence-corrected chi connectivity index (χ1v) is 8.28. The summed E-state index contributed by atoms with van der Waals surface area (Å²) in [6, 6.07) is 9.91. The summed E-state index contributed by atoms with van der Waals surface area (Å²) >= 11 is 0. The smallest absolute Gasteiger partial charge is 0.320 e. The maximum absolute atomic E-state index is 12.2. The van der Waals surface area contributed by atoms with Gasteiger partial charge in [0.25, 0.3) is 0 Å². The molecule has 1 amide bonds. The minimum absolute atomic E-state index is 0.0380. The van der Waals surface area contributed by atoms with Gasteiger partial charge in [-0.1, -0.05) is 30.3 Å². The number of amides is 1. The van der Waals surface area contributed by atoms with Gasteiger partial charge in [-0.25, -0.2) is 0 Å². The molecule has 0 atom stereocenters. The first-order valence-electron chi connectivity index (χ1n) is 8.28. The molecule has 5 nitrogen and oxygen atoms in total. The molecule has 1 N–H and O–H groups in total. The summed E-state index contributed by atoms with van der Waals surface area (Å²) in [6.07, 6.45) is 1.49. The molecule has 1 aromatic rings. The molecule has 2 rings (SSSR count). The fraction of sp³-hybridized carbons (Fsp3) is 0.556. The number of esters is 1. The first-order chi connectivity index (χ1) is 11.0. The number of carbonyl (C=O) groups is 2. The second-order valence-corrected chi connectivity index (χ2v) is 6.29. The zero-order chi connectivity index (χ0) is 16.7. The number of nitrogens with zero attached hydrogens (tertiary/aromatic N) is 1. The van der Waals surface area contributed by atoms with E-state index in [-0.39, 0.29) is 23.9 Å². The molecule has 1 aromatic carbocycles. The zero-order valence-corrected chi connectivity index (χ0v) is 14.0. The normalized spacial score (nSPS) is 16.3. The highest BCUT2D eigenvalue weighted by Crippen LogP contribution is 2.17. The number of ether oxygens (including phenoxy) is 1. The van der Waals surface area contributed by atoms with Gasteiger partial charge in [0.2, 0.25) is 5.91 Å². The van der Waals surface area contributed by atoms with Crippen molar-refractivity contribution in [1.29, 1.82) is 0 Å². The molecule has 23 heavy (non-hydrogen) atoms. The van der Waals surface area contributed by atoms with Crippen LogP contribution >= 0.6 is 0 Å². The Labute approximate surface area is 138 Å². The second kappa shape index (κ2) is 8.67. The standard InChI is InChI=1S/C18H26N2O3/c1-14(2)23-17(21)13-20-10-8-16(9-11-20)18(22)19-12-15-6-4-3-5-7-15/h3-7,14,16H,8-13H2,1-2H3,(H,19,22). The molecule has 0 spiro atoms. The van der Waals surface area contributed by atoms with Crippen LogP contribution in [0.1, 0.15) is 32.3 Å². The van der Waals surface area contributed by atoms with Gasteiger partial charge in [0.15, 0.2) is 0 Å². The number of rotatable bonds is 6. The van der Waals surface area contributed by atoms with Crippen molar-refractivity contribution in [2.75, 3.05) is 19.6 Å². The Morgan fingerprint density at radius 1 is 1.22 bits per heavy atom. The molecule has 1 aliphatic heterocycles. The van der Waals surface area contributed by atoms with Gasteiger partial charge in [-0.2, -0.15) is 0 Å². The quantitative estimate of drug-likeness (QED) is 0.815. The van der Waals surface area contributed by atoms with Crippen molar-refractivity contribution in [1.82, 2.24) is 10.2 Å². The van der Waals surface area contributed by atoms with Crippen molar-refractivity contribution in [2.24, 2.45) is 5.92 Å². The number of piperidine rings is 1. The largest absolute Gasteiger partial charge is 0.462 e. The summed E-state index contributed by atoms with van der Waals surface area (Å²) in [4.78, 5) is 25.9. The fourth-order valence-electron chi connectivity index (χ4n) is 2.77. The van der Waals surface area contributed by atoms with E-state index >= 15 is 0 Å². The molecule has 1 fully saturated rings. The molecule has 0 saturated carbocycles. The van der Waals surface area contributed by atoms with Gasteiger partial charge in [-0.3, -0.25) is 14.5 Å². The highest BCUT2D eigenvalue weighted by molar-refractivity contribution is 5.78. The Morgan fingerprint density at radius 2 is 1.87 bits per heavy atom. The van der Waals surface area contributed by atoms with Gasteiger partial charge in [0, 0.05) is 12.5 Å². The Balaban J connectivity index is 1.69. The van der Waals surface area contributed by atoms with E-state index in [9.17, 15) is 9.59 Å². The number of nitrogens with one attached hydrogen (secondary N) is 1. The third kappa shape index (κ3) is 6.02. The molecule has 126 valence electrons. The maximum atomic E-state index is 12.2. The van der Waals surface area contributed by atoms with Crippen LogP contribution in [-0.4, -0.2) is 42.5 Å². The topological polar surface area (TPSA) is 58.6 Å². The van der Waals surface area contributed by atoms with Crippen molar-refractivity contribution in [3.63, 3.8) is 0 Å². The lowest BCUT2D eigenvalue weighted by Gasteiger charge is -2.30.